The fraction of sp³-hybridized carbons (Fsp3) is 0.250. The minimum absolute atomic E-state index is 0.105. The van der Waals surface area contributed by atoms with E-state index in [-0.39, 0.29) is 5.82 Å². The van der Waals surface area contributed by atoms with Crippen molar-refractivity contribution in [3.8, 4) is 0 Å². The fourth-order valence-electron chi connectivity index (χ4n) is 2.54. The number of benzene rings is 2. The van der Waals surface area contributed by atoms with Gasteiger partial charge in [-0.3, -0.25) is 0 Å². The first-order valence-corrected chi connectivity index (χ1v) is 6.32. The van der Waals surface area contributed by atoms with E-state index in [0.717, 1.165) is 18.5 Å². The van der Waals surface area contributed by atoms with E-state index >= 15 is 0 Å². The standard InChI is InChI=1S/C16H16FN/c1-11-6-7-12(9-15(11)17)14-8-13-4-2-3-5-16(13)18-10-14/h2-7,9,14,18H,8,10H2,1H3. The molecule has 1 nitrogen and oxygen atoms in total. The summed E-state index contributed by atoms with van der Waals surface area (Å²) in [7, 11) is 0. The van der Waals surface area contributed by atoms with Gasteiger partial charge < -0.3 is 5.32 Å². The molecule has 1 heterocycles. The molecule has 0 saturated carbocycles. The van der Waals surface area contributed by atoms with Gasteiger partial charge in [-0.05, 0) is 42.2 Å². The zero-order chi connectivity index (χ0) is 12.5. The number of para-hydroxylation sites is 1. The van der Waals surface area contributed by atoms with Crippen LogP contribution in [0.15, 0.2) is 42.5 Å². The van der Waals surface area contributed by atoms with Crippen molar-refractivity contribution < 1.29 is 4.39 Å². The topological polar surface area (TPSA) is 12.0 Å². The summed E-state index contributed by atoms with van der Waals surface area (Å²) in [4.78, 5) is 0. The SMILES string of the molecule is Cc1ccc(C2CNc3ccccc3C2)cc1F. The molecule has 0 aromatic heterocycles. The van der Waals surface area contributed by atoms with Crippen LogP contribution < -0.4 is 5.32 Å². The van der Waals surface area contributed by atoms with Gasteiger partial charge in [0.1, 0.15) is 5.82 Å². The van der Waals surface area contributed by atoms with E-state index in [0.29, 0.717) is 11.5 Å². The lowest BCUT2D eigenvalue weighted by molar-refractivity contribution is 0.608. The minimum atomic E-state index is -0.105. The number of nitrogens with one attached hydrogen (secondary N) is 1. The van der Waals surface area contributed by atoms with E-state index in [1.165, 1.54) is 11.3 Å². The zero-order valence-electron chi connectivity index (χ0n) is 10.4. The Morgan fingerprint density at radius 3 is 2.83 bits per heavy atom. The number of halogens is 1. The van der Waals surface area contributed by atoms with E-state index in [2.05, 4.69) is 23.5 Å². The van der Waals surface area contributed by atoms with Crippen LogP contribution in [0.25, 0.3) is 0 Å². The maximum atomic E-state index is 13.6. The predicted octanol–water partition coefficient (Wildman–Crippen LogP) is 3.89. The normalized spacial score (nSPS) is 18.0. The molecule has 0 aliphatic carbocycles. The van der Waals surface area contributed by atoms with Crippen LogP contribution >= 0.6 is 0 Å². The Kier molecular flexibility index (Phi) is 2.78. The average molecular weight is 241 g/mol. The number of anilines is 1. The summed E-state index contributed by atoms with van der Waals surface area (Å²) in [6.45, 7) is 2.67. The molecule has 1 atom stereocenters. The molecule has 1 aliphatic heterocycles. The Hall–Kier alpha value is -1.83. The molecular formula is C16H16FN. The highest BCUT2D eigenvalue weighted by Gasteiger charge is 2.19. The highest BCUT2D eigenvalue weighted by Crippen LogP contribution is 2.30. The summed E-state index contributed by atoms with van der Waals surface area (Å²) in [6, 6.07) is 13.9. The molecule has 1 N–H and O–H groups in total. The second-order valence-corrected chi connectivity index (χ2v) is 4.95. The fourth-order valence-corrected chi connectivity index (χ4v) is 2.54. The van der Waals surface area contributed by atoms with Gasteiger partial charge in [0.05, 0.1) is 0 Å². The monoisotopic (exact) mass is 241 g/mol. The van der Waals surface area contributed by atoms with Crippen LogP contribution in [0.2, 0.25) is 0 Å². The van der Waals surface area contributed by atoms with Crippen LogP contribution in [-0.4, -0.2) is 6.54 Å². The molecule has 0 radical (unpaired) electrons. The highest BCUT2D eigenvalue weighted by atomic mass is 19.1. The van der Waals surface area contributed by atoms with Crippen LogP contribution in [-0.2, 0) is 6.42 Å². The Labute approximate surface area is 107 Å². The summed E-state index contributed by atoms with van der Waals surface area (Å²) in [5.74, 6) is 0.251. The van der Waals surface area contributed by atoms with Gasteiger partial charge in [-0.25, -0.2) is 4.39 Å². The second-order valence-electron chi connectivity index (χ2n) is 4.95. The van der Waals surface area contributed by atoms with Crippen LogP contribution in [0, 0.1) is 12.7 Å². The Balaban J connectivity index is 1.89. The summed E-state index contributed by atoms with van der Waals surface area (Å²) in [5.41, 5.74) is 4.32. The van der Waals surface area contributed by atoms with Crippen molar-refractivity contribution >= 4 is 5.69 Å². The maximum absolute atomic E-state index is 13.6. The number of fused-ring (bicyclic) bond motifs is 1. The third-order valence-electron chi connectivity index (χ3n) is 3.69. The minimum Gasteiger partial charge on any atom is -0.384 e. The van der Waals surface area contributed by atoms with E-state index in [1.54, 1.807) is 13.0 Å². The second kappa shape index (κ2) is 4.45. The molecule has 0 bridgehead atoms. The van der Waals surface area contributed by atoms with Gasteiger partial charge in [-0.1, -0.05) is 30.3 Å². The predicted molar refractivity (Wildman–Crippen MR) is 72.5 cm³/mol. The van der Waals surface area contributed by atoms with Gasteiger partial charge in [-0.2, -0.15) is 0 Å². The Morgan fingerprint density at radius 1 is 1.17 bits per heavy atom. The van der Waals surface area contributed by atoms with E-state index in [1.807, 2.05) is 18.2 Å². The molecule has 0 spiro atoms. The van der Waals surface area contributed by atoms with Crippen molar-refractivity contribution in [2.75, 3.05) is 11.9 Å². The zero-order valence-corrected chi connectivity index (χ0v) is 10.4. The van der Waals surface area contributed by atoms with Crippen molar-refractivity contribution in [2.24, 2.45) is 0 Å². The largest absolute Gasteiger partial charge is 0.384 e. The van der Waals surface area contributed by atoms with Gasteiger partial charge in [0.15, 0.2) is 0 Å². The molecule has 18 heavy (non-hydrogen) atoms. The summed E-state index contributed by atoms with van der Waals surface area (Å²) >= 11 is 0. The van der Waals surface area contributed by atoms with Crippen LogP contribution in [0.5, 0.6) is 0 Å². The first kappa shape index (κ1) is 11.3. The molecule has 2 aromatic rings. The third kappa shape index (κ3) is 1.99. The molecule has 3 rings (SSSR count). The van der Waals surface area contributed by atoms with Crippen molar-refractivity contribution in [2.45, 2.75) is 19.3 Å². The van der Waals surface area contributed by atoms with E-state index < -0.39 is 0 Å². The van der Waals surface area contributed by atoms with Crippen LogP contribution in [0.3, 0.4) is 0 Å². The lowest BCUT2D eigenvalue weighted by Crippen LogP contribution is -2.21. The summed E-state index contributed by atoms with van der Waals surface area (Å²) < 4.78 is 13.6. The number of rotatable bonds is 1. The number of aryl methyl sites for hydroxylation is 1. The molecule has 2 aromatic carbocycles. The molecular weight excluding hydrogens is 225 g/mol. The number of hydrogen-bond acceptors (Lipinski definition) is 1. The summed E-state index contributed by atoms with van der Waals surface area (Å²) in [5, 5.41) is 3.42. The van der Waals surface area contributed by atoms with Gasteiger partial charge >= 0.3 is 0 Å². The highest BCUT2D eigenvalue weighted by molar-refractivity contribution is 5.54. The van der Waals surface area contributed by atoms with Gasteiger partial charge in [0.2, 0.25) is 0 Å². The van der Waals surface area contributed by atoms with Gasteiger partial charge in [0.25, 0.3) is 0 Å². The smallest absolute Gasteiger partial charge is 0.126 e. The van der Waals surface area contributed by atoms with Crippen molar-refractivity contribution in [1.29, 1.82) is 0 Å². The van der Waals surface area contributed by atoms with Crippen LogP contribution in [0.1, 0.15) is 22.6 Å². The summed E-state index contributed by atoms with van der Waals surface area (Å²) in [6.07, 6.45) is 0.978. The first-order valence-electron chi connectivity index (χ1n) is 6.32. The molecule has 92 valence electrons. The quantitative estimate of drug-likeness (QED) is 0.798. The third-order valence-corrected chi connectivity index (χ3v) is 3.69. The molecule has 0 fully saturated rings. The lowest BCUT2D eigenvalue weighted by atomic mass is 9.88. The average Bonchev–Trinajstić information content (AvgIpc) is 2.41. The molecule has 1 aliphatic rings. The Morgan fingerprint density at radius 2 is 2.00 bits per heavy atom. The molecule has 1 unspecified atom stereocenters. The number of hydrogen-bond donors (Lipinski definition) is 1. The van der Waals surface area contributed by atoms with Gasteiger partial charge in [-0.15, -0.1) is 0 Å². The Bertz CT molecular complexity index is 577. The maximum Gasteiger partial charge on any atom is 0.126 e. The van der Waals surface area contributed by atoms with Gasteiger partial charge in [0, 0.05) is 18.2 Å². The molecule has 0 amide bonds. The van der Waals surface area contributed by atoms with E-state index in [4.69, 9.17) is 0 Å². The van der Waals surface area contributed by atoms with Crippen molar-refractivity contribution in [3.05, 3.63) is 65.0 Å². The van der Waals surface area contributed by atoms with E-state index in [9.17, 15) is 4.39 Å². The van der Waals surface area contributed by atoms with Crippen molar-refractivity contribution in [1.82, 2.24) is 0 Å². The molecule has 0 saturated heterocycles. The van der Waals surface area contributed by atoms with Crippen LogP contribution in [0.4, 0.5) is 10.1 Å². The van der Waals surface area contributed by atoms with Crippen molar-refractivity contribution in [3.63, 3.8) is 0 Å². The molecule has 2 heteroatoms. The lowest BCUT2D eigenvalue weighted by Gasteiger charge is -2.26. The first-order chi connectivity index (χ1) is 8.74.